The number of benzene rings is 1. The maximum Gasteiger partial charge on any atom is 0.119 e. The van der Waals surface area contributed by atoms with E-state index in [4.69, 9.17) is 16.3 Å². The second kappa shape index (κ2) is 6.75. The molecule has 2 aromatic rings. The molecule has 1 unspecified atom stereocenters. The van der Waals surface area contributed by atoms with Crippen LogP contribution in [0.4, 0.5) is 0 Å². The topological polar surface area (TPSA) is 21.3 Å². The van der Waals surface area contributed by atoms with Crippen molar-refractivity contribution in [1.82, 2.24) is 5.32 Å². The second-order valence-corrected chi connectivity index (χ2v) is 6.58. The summed E-state index contributed by atoms with van der Waals surface area (Å²) >= 11 is 11.2. The average molecular weight is 361 g/mol. The number of hydrogen-bond acceptors (Lipinski definition) is 3. The van der Waals surface area contributed by atoms with Gasteiger partial charge in [-0.2, -0.15) is 0 Å². The van der Waals surface area contributed by atoms with Crippen molar-refractivity contribution in [1.29, 1.82) is 0 Å². The van der Waals surface area contributed by atoms with Crippen molar-refractivity contribution in [3.63, 3.8) is 0 Å². The largest absolute Gasteiger partial charge is 0.497 e. The molecule has 0 aliphatic rings. The average Bonchev–Trinajstić information content (AvgIpc) is 2.75. The van der Waals surface area contributed by atoms with Crippen molar-refractivity contribution in [2.45, 2.75) is 13.0 Å². The van der Waals surface area contributed by atoms with Gasteiger partial charge < -0.3 is 10.1 Å². The Hall–Kier alpha value is -0.550. The SMILES string of the molecule is CCNC(c1cccc(OC)c1)c1cc(Br)c(Cl)s1. The molecule has 1 aromatic carbocycles. The highest BCUT2D eigenvalue weighted by molar-refractivity contribution is 9.10. The molecule has 1 heterocycles. The number of hydrogen-bond donors (Lipinski definition) is 1. The van der Waals surface area contributed by atoms with Crippen LogP contribution in [0.15, 0.2) is 34.8 Å². The predicted octanol–water partition coefficient (Wildman–Crippen LogP) is 4.87. The normalized spacial score (nSPS) is 12.4. The van der Waals surface area contributed by atoms with Crippen LogP contribution in [0.2, 0.25) is 4.34 Å². The predicted molar refractivity (Wildman–Crippen MR) is 85.5 cm³/mol. The van der Waals surface area contributed by atoms with Gasteiger partial charge in [-0.1, -0.05) is 30.7 Å². The molecule has 102 valence electrons. The molecule has 0 aliphatic carbocycles. The lowest BCUT2D eigenvalue weighted by Gasteiger charge is -2.17. The van der Waals surface area contributed by atoms with Gasteiger partial charge in [-0.15, -0.1) is 11.3 Å². The Kier molecular flexibility index (Phi) is 5.28. The van der Waals surface area contributed by atoms with Crippen LogP contribution in [-0.4, -0.2) is 13.7 Å². The van der Waals surface area contributed by atoms with Gasteiger partial charge in [0.15, 0.2) is 0 Å². The van der Waals surface area contributed by atoms with E-state index < -0.39 is 0 Å². The molecular formula is C14H15BrClNOS. The summed E-state index contributed by atoms with van der Waals surface area (Å²) < 4.78 is 7.01. The van der Waals surface area contributed by atoms with Gasteiger partial charge in [0.25, 0.3) is 0 Å². The first-order valence-electron chi connectivity index (χ1n) is 5.97. The molecule has 0 aliphatic heterocycles. The first-order valence-corrected chi connectivity index (χ1v) is 7.96. The Morgan fingerprint density at radius 2 is 2.21 bits per heavy atom. The van der Waals surface area contributed by atoms with Crippen LogP contribution in [0, 0.1) is 0 Å². The van der Waals surface area contributed by atoms with E-state index in [2.05, 4.69) is 46.4 Å². The van der Waals surface area contributed by atoms with Gasteiger partial charge in [0.05, 0.1) is 13.2 Å². The summed E-state index contributed by atoms with van der Waals surface area (Å²) in [4.78, 5) is 1.19. The van der Waals surface area contributed by atoms with E-state index in [1.54, 1.807) is 18.4 Å². The van der Waals surface area contributed by atoms with Gasteiger partial charge in [-0.3, -0.25) is 0 Å². The molecule has 1 aromatic heterocycles. The first kappa shape index (κ1) is 14.9. The molecule has 0 fully saturated rings. The molecule has 0 saturated heterocycles. The van der Waals surface area contributed by atoms with E-state index in [0.717, 1.165) is 21.1 Å². The molecule has 0 amide bonds. The third kappa shape index (κ3) is 3.51. The van der Waals surface area contributed by atoms with E-state index in [1.807, 2.05) is 12.1 Å². The highest BCUT2D eigenvalue weighted by atomic mass is 79.9. The third-order valence-electron chi connectivity index (χ3n) is 2.78. The van der Waals surface area contributed by atoms with Crippen molar-refractivity contribution < 1.29 is 4.74 Å². The number of halogens is 2. The Balaban J connectivity index is 2.38. The fourth-order valence-electron chi connectivity index (χ4n) is 1.91. The van der Waals surface area contributed by atoms with Crippen molar-refractivity contribution in [2.24, 2.45) is 0 Å². The fraction of sp³-hybridized carbons (Fsp3) is 0.286. The molecule has 5 heteroatoms. The highest BCUT2D eigenvalue weighted by Crippen LogP contribution is 2.37. The first-order chi connectivity index (χ1) is 9.15. The van der Waals surface area contributed by atoms with Gasteiger partial charge >= 0.3 is 0 Å². The number of ether oxygens (including phenoxy) is 1. The van der Waals surface area contributed by atoms with Crippen molar-refractivity contribution >= 4 is 38.9 Å². The van der Waals surface area contributed by atoms with Gasteiger partial charge in [-0.05, 0) is 46.2 Å². The fourth-order valence-corrected chi connectivity index (χ4v) is 3.75. The monoisotopic (exact) mass is 359 g/mol. The lowest BCUT2D eigenvalue weighted by atomic mass is 10.1. The van der Waals surface area contributed by atoms with Crippen molar-refractivity contribution in [3.05, 3.63) is 49.6 Å². The molecule has 19 heavy (non-hydrogen) atoms. The van der Waals surface area contributed by atoms with Crippen LogP contribution in [0.25, 0.3) is 0 Å². The van der Waals surface area contributed by atoms with Gasteiger partial charge in [-0.25, -0.2) is 0 Å². The summed E-state index contributed by atoms with van der Waals surface area (Å²) in [6.45, 7) is 2.98. The number of thiophene rings is 1. The number of rotatable bonds is 5. The third-order valence-corrected chi connectivity index (χ3v) is 5.32. The minimum Gasteiger partial charge on any atom is -0.497 e. The zero-order chi connectivity index (χ0) is 13.8. The quantitative estimate of drug-likeness (QED) is 0.821. The summed E-state index contributed by atoms with van der Waals surface area (Å²) in [5.41, 5.74) is 1.17. The molecule has 0 radical (unpaired) electrons. The van der Waals surface area contributed by atoms with Crippen LogP contribution in [0.3, 0.4) is 0 Å². The van der Waals surface area contributed by atoms with Crippen molar-refractivity contribution in [2.75, 3.05) is 13.7 Å². The molecule has 2 nitrogen and oxygen atoms in total. The maximum absolute atomic E-state index is 6.14. The Morgan fingerprint density at radius 1 is 1.42 bits per heavy atom. The van der Waals surface area contributed by atoms with Crippen LogP contribution >= 0.6 is 38.9 Å². The summed E-state index contributed by atoms with van der Waals surface area (Å²) in [7, 11) is 1.68. The van der Waals surface area contributed by atoms with Gasteiger partial charge in [0.1, 0.15) is 10.1 Å². The summed E-state index contributed by atoms with van der Waals surface area (Å²) in [5.74, 6) is 0.863. The van der Waals surface area contributed by atoms with E-state index in [-0.39, 0.29) is 6.04 Å². The molecule has 2 rings (SSSR count). The van der Waals surface area contributed by atoms with Crippen LogP contribution in [0.5, 0.6) is 5.75 Å². The molecule has 0 spiro atoms. The maximum atomic E-state index is 6.14. The minimum atomic E-state index is 0.133. The van der Waals surface area contributed by atoms with Crippen molar-refractivity contribution in [3.8, 4) is 5.75 Å². The number of nitrogens with one attached hydrogen (secondary N) is 1. The second-order valence-electron chi connectivity index (χ2n) is 4.04. The molecule has 1 atom stereocenters. The lowest BCUT2D eigenvalue weighted by Crippen LogP contribution is -2.21. The number of methoxy groups -OCH3 is 1. The van der Waals surface area contributed by atoms with Crippen LogP contribution in [-0.2, 0) is 0 Å². The van der Waals surface area contributed by atoms with E-state index >= 15 is 0 Å². The Bertz CT molecular complexity index is 539. The molecule has 1 N–H and O–H groups in total. The van der Waals surface area contributed by atoms with Gasteiger partial charge in [0, 0.05) is 9.35 Å². The molecule has 0 saturated carbocycles. The summed E-state index contributed by atoms with van der Waals surface area (Å²) in [5, 5.41) is 3.48. The van der Waals surface area contributed by atoms with E-state index in [9.17, 15) is 0 Å². The Morgan fingerprint density at radius 3 is 2.79 bits per heavy atom. The lowest BCUT2D eigenvalue weighted by molar-refractivity contribution is 0.413. The minimum absolute atomic E-state index is 0.133. The Labute approximate surface area is 130 Å². The van der Waals surface area contributed by atoms with Crippen LogP contribution in [0.1, 0.15) is 23.4 Å². The van der Waals surface area contributed by atoms with E-state index in [1.165, 1.54) is 10.4 Å². The highest BCUT2D eigenvalue weighted by Gasteiger charge is 2.17. The van der Waals surface area contributed by atoms with Crippen LogP contribution < -0.4 is 10.1 Å². The molecule has 0 bridgehead atoms. The standard InChI is InChI=1S/C14H15BrClNOS/c1-3-17-13(12-8-11(15)14(16)19-12)9-5-4-6-10(7-9)18-2/h4-8,13,17H,3H2,1-2H3. The zero-order valence-electron chi connectivity index (χ0n) is 10.7. The van der Waals surface area contributed by atoms with Gasteiger partial charge in [0.2, 0.25) is 0 Å². The molecular weight excluding hydrogens is 346 g/mol. The smallest absolute Gasteiger partial charge is 0.119 e. The summed E-state index contributed by atoms with van der Waals surface area (Å²) in [6.07, 6.45) is 0. The van der Waals surface area contributed by atoms with E-state index in [0.29, 0.717) is 0 Å². The zero-order valence-corrected chi connectivity index (χ0v) is 13.9. The summed E-state index contributed by atoms with van der Waals surface area (Å²) in [6, 6.07) is 10.3.